The van der Waals surface area contributed by atoms with Crippen molar-refractivity contribution in [2.75, 3.05) is 17.1 Å². The second kappa shape index (κ2) is 8.36. The number of methoxy groups -OCH3 is 1. The van der Waals surface area contributed by atoms with E-state index in [2.05, 4.69) is 10.0 Å². The van der Waals surface area contributed by atoms with E-state index in [4.69, 9.17) is 4.74 Å². The van der Waals surface area contributed by atoms with Gasteiger partial charge < -0.3 is 10.1 Å². The Labute approximate surface area is 170 Å². The number of hydrogen-bond acceptors (Lipinski definition) is 4. The lowest BCUT2D eigenvalue weighted by molar-refractivity contribution is 0.102. The number of anilines is 2. The molecule has 1 amide bonds. The van der Waals surface area contributed by atoms with Crippen molar-refractivity contribution in [1.82, 2.24) is 0 Å². The molecule has 150 valence electrons. The molecule has 0 saturated carbocycles. The molecule has 6 nitrogen and oxygen atoms in total. The molecule has 0 aromatic heterocycles. The van der Waals surface area contributed by atoms with Crippen LogP contribution in [0.25, 0.3) is 0 Å². The first-order valence-electron chi connectivity index (χ1n) is 8.94. The predicted octanol–water partition coefficient (Wildman–Crippen LogP) is 4.37. The van der Waals surface area contributed by atoms with Crippen LogP contribution in [0.3, 0.4) is 0 Å². The lowest BCUT2D eigenvalue weighted by Crippen LogP contribution is -2.14. The van der Waals surface area contributed by atoms with Crippen molar-refractivity contribution in [3.8, 4) is 5.75 Å². The molecule has 29 heavy (non-hydrogen) atoms. The number of sulfonamides is 1. The molecule has 0 aliphatic heterocycles. The molecule has 0 heterocycles. The Morgan fingerprint density at radius 1 is 0.862 bits per heavy atom. The second-order valence-corrected chi connectivity index (χ2v) is 8.34. The number of nitrogens with one attached hydrogen (secondary N) is 2. The molecule has 3 aromatic carbocycles. The van der Waals surface area contributed by atoms with Crippen LogP contribution in [0, 0.1) is 13.8 Å². The fraction of sp³-hybridized carbons (Fsp3) is 0.136. The van der Waals surface area contributed by atoms with Gasteiger partial charge in [-0.25, -0.2) is 8.42 Å². The third kappa shape index (κ3) is 4.94. The highest BCUT2D eigenvalue weighted by atomic mass is 32.2. The first-order valence-corrected chi connectivity index (χ1v) is 10.4. The van der Waals surface area contributed by atoms with Crippen LogP contribution in [0.15, 0.2) is 71.6 Å². The highest BCUT2D eigenvalue weighted by Crippen LogP contribution is 2.26. The Morgan fingerprint density at radius 3 is 2.10 bits per heavy atom. The van der Waals surface area contributed by atoms with Crippen LogP contribution in [0.5, 0.6) is 5.75 Å². The highest BCUT2D eigenvalue weighted by Gasteiger charge is 2.15. The Kier molecular flexibility index (Phi) is 5.89. The number of benzene rings is 3. The van der Waals surface area contributed by atoms with Gasteiger partial charge in [0.2, 0.25) is 0 Å². The number of carbonyl (C=O) groups excluding carboxylic acids is 1. The van der Waals surface area contributed by atoms with E-state index in [9.17, 15) is 13.2 Å². The van der Waals surface area contributed by atoms with Gasteiger partial charge in [-0.2, -0.15) is 0 Å². The quantitative estimate of drug-likeness (QED) is 0.632. The smallest absolute Gasteiger partial charge is 0.261 e. The number of ether oxygens (including phenoxy) is 1. The number of rotatable bonds is 6. The molecular formula is C22H22N2O4S. The molecule has 7 heteroatoms. The summed E-state index contributed by atoms with van der Waals surface area (Å²) >= 11 is 0. The van der Waals surface area contributed by atoms with Crippen LogP contribution in [-0.4, -0.2) is 21.4 Å². The number of carbonyl (C=O) groups is 1. The average molecular weight is 410 g/mol. The summed E-state index contributed by atoms with van der Waals surface area (Å²) < 4.78 is 32.7. The SMILES string of the molecule is COc1ccc(C)cc1NC(=O)c1ccc(NS(=O)(=O)c2ccc(C)cc2)cc1. The number of hydrogen-bond donors (Lipinski definition) is 2. The lowest BCUT2D eigenvalue weighted by Gasteiger charge is -2.12. The molecule has 0 aliphatic carbocycles. The Hall–Kier alpha value is -3.32. The summed E-state index contributed by atoms with van der Waals surface area (Å²) in [6.07, 6.45) is 0. The van der Waals surface area contributed by atoms with Crippen molar-refractivity contribution in [1.29, 1.82) is 0 Å². The van der Waals surface area contributed by atoms with Gasteiger partial charge in [-0.05, 0) is 67.9 Å². The van der Waals surface area contributed by atoms with Gasteiger partial charge in [0, 0.05) is 11.3 Å². The summed E-state index contributed by atoms with van der Waals surface area (Å²) in [6.45, 7) is 3.81. The summed E-state index contributed by atoms with van der Waals surface area (Å²) in [5.74, 6) is 0.244. The van der Waals surface area contributed by atoms with E-state index in [0.29, 0.717) is 22.7 Å². The average Bonchev–Trinajstić information content (AvgIpc) is 2.69. The Morgan fingerprint density at radius 2 is 1.48 bits per heavy atom. The molecular weight excluding hydrogens is 388 g/mol. The van der Waals surface area contributed by atoms with E-state index < -0.39 is 10.0 Å². The van der Waals surface area contributed by atoms with Crippen LogP contribution in [0.1, 0.15) is 21.5 Å². The molecule has 3 aromatic rings. The number of amides is 1. The molecule has 0 saturated heterocycles. The van der Waals surface area contributed by atoms with E-state index in [0.717, 1.165) is 11.1 Å². The van der Waals surface area contributed by atoms with Crippen molar-refractivity contribution < 1.29 is 17.9 Å². The number of aryl methyl sites for hydroxylation is 2. The van der Waals surface area contributed by atoms with Crippen LogP contribution < -0.4 is 14.8 Å². The fourth-order valence-corrected chi connectivity index (χ4v) is 3.79. The zero-order valence-corrected chi connectivity index (χ0v) is 17.2. The van der Waals surface area contributed by atoms with Crippen molar-refractivity contribution in [3.05, 3.63) is 83.4 Å². The maximum Gasteiger partial charge on any atom is 0.261 e. The van der Waals surface area contributed by atoms with Crippen LogP contribution in [-0.2, 0) is 10.0 Å². The second-order valence-electron chi connectivity index (χ2n) is 6.65. The highest BCUT2D eigenvalue weighted by molar-refractivity contribution is 7.92. The minimum atomic E-state index is -3.69. The van der Waals surface area contributed by atoms with Gasteiger partial charge in [0.1, 0.15) is 5.75 Å². The summed E-state index contributed by atoms with van der Waals surface area (Å²) in [5.41, 5.74) is 3.30. The minimum Gasteiger partial charge on any atom is -0.495 e. The molecule has 3 rings (SSSR count). The third-order valence-corrected chi connectivity index (χ3v) is 5.73. The van der Waals surface area contributed by atoms with Gasteiger partial charge in [-0.1, -0.05) is 23.8 Å². The molecule has 2 N–H and O–H groups in total. The van der Waals surface area contributed by atoms with Crippen LogP contribution >= 0.6 is 0 Å². The van der Waals surface area contributed by atoms with Gasteiger partial charge in [-0.15, -0.1) is 0 Å². The van der Waals surface area contributed by atoms with Crippen molar-refractivity contribution in [3.63, 3.8) is 0 Å². The molecule has 0 unspecified atom stereocenters. The van der Waals surface area contributed by atoms with Crippen molar-refractivity contribution in [2.45, 2.75) is 18.7 Å². The summed E-state index contributed by atoms with van der Waals surface area (Å²) in [6, 6.07) is 18.3. The largest absolute Gasteiger partial charge is 0.495 e. The van der Waals surface area contributed by atoms with Crippen molar-refractivity contribution >= 4 is 27.3 Å². The van der Waals surface area contributed by atoms with E-state index in [-0.39, 0.29) is 10.8 Å². The molecule has 0 atom stereocenters. The van der Waals surface area contributed by atoms with E-state index in [1.54, 1.807) is 54.6 Å². The van der Waals surface area contributed by atoms with Crippen LogP contribution in [0.2, 0.25) is 0 Å². The van der Waals surface area contributed by atoms with Crippen molar-refractivity contribution in [2.24, 2.45) is 0 Å². The summed E-state index contributed by atoms with van der Waals surface area (Å²) in [7, 11) is -2.16. The van der Waals surface area contributed by atoms with E-state index in [1.807, 2.05) is 26.0 Å². The van der Waals surface area contributed by atoms with Gasteiger partial charge in [-0.3, -0.25) is 9.52 Å². The minimum absolute atomic E-state index is 0.177. The standard InChI is InChI=1S/C22H22N2O4S/c1-15-4-11-19(12-5-15)29(26,27)24-18-9-7-17(8-10-18)22(25)23-20-14-16(2)6-13-21(20)28-3/h4-14,24H,1-3H3,(H,23,25). The third-order valence-electron chi connectivity index (χ3n) is 4.33. The summed E-state index contributed by atoms with van der Waals surface area (Å²) in [5, 5.41) is 2.81. The van der Waals surface area contributed by atoms with Crippen LogP contribution in [0.4, 0.5) is 11.4 Å². The Balaban J connectivity index is 1.74. The zero-order valence-electron chi connectivity index (χ0n) is 16.4. The topological polar surface area (TPSA) is 84.5 Å². The normalized spacial score (nSPS) is 11.0. The molecule has 0 aliphatic rings. The zero-order chi connectivity index (χ0) is 21.0. The maximum atomic E-state index is 12.5. The molecule has 0 fully saturated rings. The van der Waals surface area contributed by atoms with Gasteiger partial charge in [0.05, 0.1) is 17.7 Å². The van der Waals surface area contributed by atoms with Gasteiger partial charge in [0.25, 0.3) is 15.9 Å². The predicted molar refractivity (Wildman–Crippen MR) is 114 cm³/mol. The molecule has 0 radical (unpaired) electrons. The van der Waals surface area contributed by atoms with Gasteiger partial charge >= 0.3 is 0 Å². The first-order chi connectivity index (χ1) is 13.8. The lowest BCUT2D eigenvalue weighted by atomic mass is 10.1. The van der Waals surface area contributed by atoms with E-state index in [1.165, 1.54) is 7.11 Å². The van der Waals surface area contributed by atoms with Gasteiger partial charge in [0.15, 0.2) is 0 Å². The molecule has 0 spiro atoms. The fourth-order valence-electron chi connectivity index (χ4n) is 2.74. The molecule has 0 bridgehead atoms. The Bertz CT molecular complexity index is 1120. The maximum absolute atomic E-state index is 12.5. The summed E-state index contributed by atoms with van der Waals surface area (Å²) in [4.78, 5) is 12.7. The first kappa shape index (κ1) is 20.4. The van der Waals surface area contributed by atoms with E-state index >= 15 is 0 Å². The monoisotopic (exact) mass is 410 g/mol.